The molecule has 4 rings (SSSR count). The maximum Gasteiger partial charge on any atom is 0.255 e. The number of hydrogen-bond donors (Lipinski definition) is 1. The van der Waals surface area contributed by atoms with E-state index in [0.29, 0.717) is 60.4 Å². The molecule has 2 amide bonds. The smallest absolute Gasteiger partial charge is 0.255 e. The molecule has 0 saturated carbocycles. The Balaban J connectivity index is 1.52. The number of carbonyl (C=O) groups excluding carboxylic acids is 2. The van der Waals surface area contributed by atoms with Gasteiger partial charge in [-0.05, 0) is 30.3 Å². The van der Waals surface area contributed by atoms with Crippen LogP contribution in [0.5, 0.6) is 11.5 Å². The fourth-order valence-corrected chi connectivity index (χ4v) is 3.87. The predicted octanol–water partition coefficient (Wildman–Crippen LogP) is 3.38. The van der Waals surface area contributed by atoms with E-state index < -0.39 is 0 Å². The van der Waals surface area contributed by atoms with E-state index in [-0.39, 0.29) is 18.6 Å². The van der Waals surface area contributed by atoms with Crippen LogP contribution in [0.3, 0.4) is 0 Å². The molecule has 0 atom stereocenters. The predicted molar refractivity (Wildman–Crippen MR) is 111 cm³/mol. The second kappa shape index (κ2) is 8.21. The first kappa shape index (κ1) is 19.4. The number of hydrogen-bond acceptors (Lipinski definition) is 5. The summed E-state index contributed by atoms with van der Waals surface area (Å²) in [5.74, 6) is 1.08. The Morgan fingerprint density at radius 3 is 2.59 bits per heavy atom. The lowest BCUT2D eigenvalue weighted by Crippen LogP contribution is -2.48. The Morgan fingerprint density at radius 2 is 1.83 bits per heavy atom. The minimum absolute atomic E-state index is 0.153. The number of nitrogens with one attached hydrogen (secondary N) is 1. The van der Waals surface area contributed by atoms with E-state index in [1.807, 2.05) is 17.9 Å². The number of para-hydroxylation sites is 1. The first-order chi connectivity index (χ1) is 14.1. The van der Waals surface area contributed by atoms with E-state index in [0.717, 1.165) is 5.69 Å². The number of rotatable bonds is 4. The third-order valence-corrected chi connectivity index (χ3v) is 5.43. The van der Waals surface area contributed by atoms with Crippen molar-refractivity contribution in [2.45, 2.75) is 13.3 Å². The molecule has 29 heavy (non-hydrogen) atoms. The molecular weight excluding hydrogens is 394 g/mol. The summed E-state index contributed by atoms with van der Waals surface area (Å²) in [6, 6.07) is 10.5. The highest BCUT2D eigenvalue weighted by molar-refractivity contribution is 6.34. The van der Waals surface area contributed by atoms with Gasteiger partial charge in [0, 0.05) is 38.2 Å². The summed E-state index contributed by atoms with van der Waals surface area (Å²) >= 11 is 6.49. The zero-order valence-corrected chi connectivity index (χ0v) is 16.9. The highest BCUT2D eigenvalue weighted by atomic mass is 35.5. The SMILES string of the molecule is CCC(=O)N1CCN(c2c(Cl)cccc2NC(=O)c2ccc3c(c2)OCO3)CC1. The van der Waals surface area contributed by atoms with Gasteiger partial charge in [-0.1, -0.05) is 24.6 Å². The second-order valence-electron chi connectivity index (χ2n) is 6.88. The molecule has 0 bridgehead atoms. The molecule has 2 aromatic carbocycles. The van der Waals surface area contributed by atoms with Gasteiger partial charge in [-0.15, -0.1) is 0 Å². The molecule has 0 unspecified atom stereocenters. The molecule has 1 saturated heterocycles. The Kier molecular flexibility index (Phi) is 5.49. The fraction of sp³-hybridized carbons (Fsp3) is 0.333. The zero-order chi connectivity index (χ0) is 20.4. The molecule has 2 heterocycles. The number of fused-ring (bicyclic) bond motifs is 1. The monoisotopic (exact) mass is 415 g/mol. The maximum atomic E-state index is 12.8. The van der Waals surface area contributed by atoms with Crippen molar-refractivity contribution >= 4 is 34.8 Å². The van der Waals surface area contributed by atoms with E-state index in [1.54, 1.807) is 30.3 Å². The van der Waals surface area contributed by atoms with Crippen LogP contribution in [0.4, 0.5) is 11.4 Å². The normalized spacial score (nSPS) is 15.4. The zero-order valence-electron chi connectivity index (χ0n) is 16.1. The number of anilines is 2. The summed E-state index contributed by atoms with van der Waals surface area (Å²) in [4.78, 5) is 28.7. The van der Waals surface area contributed by atoms with Crippen LogP contribution in [0.1, 0.15) is 23.7 Å². The van der Waals surface area contributed by atoms with Crippen molar-refractivity contribution in [3.63, 3.8) is 0 Å². The van der Waals surface area contributed by atoms with Gasteiger partial charge in [0.25, 0.3) is 5.91 Å². The van der Waals surface area contributed by atoms with Gasteiger partial charge >= 0.3 is 0 Å². The van der Waals surface area contributed by atoms with Gasteiger partial charge in [0.15, 0.2) is 11.5 Å². The third kappa shape index (κ3) is 3.96. The standard InChI is InChI=1S/C21H22ClN3O4/c1-2-19(26)24-8-10-25(11-9-24)20-15(22)4-3-5-16(20)23-21(27)14-6-7-17-18(12-14)29-13-28-17/h3-7,12H,2,8-11,13H2,1H3,(H,23,27). The number of piperazine rings is 1. The molecular formula is C21H22ClN3O4. The first-order valence-corrected chi connectivity index (χ1v) is 9.97. The van der Waals surface area contributed by atoms with Gasteiger partial charge in [-0.25, -0.2) is 0 Å². The van der Waals surface area contributed by atoms with E-state index >= 15 is 0 Å². The summed E-state index contributed by atoms with van der Waals surface area (Å²) in [7, 11) is 0. The van der Waals surface area contributed by atoms with Crippen LogP contribution in [0.2, 0.25) is 5.02 Å². The molecule has 0 aromatic heterocycles. The van der Waals surface area contributed by atoms with E-state index in [4.69, 9.17) is 21.1 Å². The average Bonchev–Trinajstić information content (AvgIpc) is 3.21. The van der Waals surface area contributed by atoms with Crippen molar-refractivity contribution in [1.29, 1.82) is 0 Å². The van der Waals surface area contributed by atoms with Crippen LogP contribution >= 0.6 is 11.6 Å². The van der Waals surface area contributed by atoms with Crippen LogP contribution in [-0.4, -0.2) is 49.7 Å². The van der Waals surface area contributed by atoms with Crippen molar-refractivity contribution in [2.24, 2.45) is 0 Å². The number of halogens is 1. The Hall–Kier alpha value is -2.93. The van der Waals surface area contributed by atoms with Crippen molar-refractivity contribution in [1.82, 2.24) is 4.90 Å². The average molecular weight is 416 g/mol. The number of benzene rings is 2. The van der Waals surface area contributed by atoms with E-state index in [2.05, 4.69) is 10.2 Å². The van der Waals surface area contributed by atoms with Crippen LogP contribution < -0.4 is 19.7 Å². The molecule has 0 radical (unpaired) electrons. The molecule has 8 heteroatoms. The van der Waals surface area contributed by atoms with Gasteiger partial charge in [-0.2, -0.15) is 0 Å². The second-order valence-corrected chi connectivity index (χ2v) is 7.29. The molecule has 1 N–H and O–H groups in total. The minimum atomic E-state index is -0.258. The fourth-order valence-electron chi connectivity index (χ4n) is 3.57. The van der Waals surface area contributed by atoms with E-state index in [1.165, 1.54) is 0 Å². The largest absolute Gasteiger partial charge is 0.454 e. The van der Waals surface area contributed by atoms with Crippen LogP contribution in [0.15, 0.2) is 36.4 Å². The third-order valence-electron chi connectivity index (χ3n) is 5.12. The number of ether oxygens (including phenoxy) is 2. The molecule has 0 aliphatic carbocycles. The topological polar surface area (TPSA) is 71.1 Å². The number of nitrogens with zero attached hydrogens (tertiary/aromatic N) is 2. The molecule has 2 aliphatic heterocycles. The van der Waals surface area contributed by atoms with Crippen LogP contribution in [-0.2, 0) is 4.79 Å². The molecule has 2 aromatic rings. The van der Waals surface area contributed by atoms with Crippen LogP contribution in [0.25, 0.3) is 0 Å². The van der Waals surface area contributed by atoms with Crippen molar-refractivity contribution in [3.8, 4) is 11.5 Å². The van der Waals surface area contributed by atoms with E-state index in [9.17, 15) is 9.59 Å². The quantitative estimate of drug-likeness (QED) is 0.828. The van der Waals surface area contributed by atoms with Gasteiger partial charge in [0.2, 0.25) is 12.7 Å². The lowest BCUT2D eigenvalue weighted by atomic mass is 10.1. The maximum absolute atomic E-state index is 12.8. The molecule has 7 nitrogen and oxygen atoms in total. The molecule has 2 aliphatic rings. The van der Waals surface area contributed by atoms with Gasteiger partial charge in [-0.3, -0.25) is 9.59 Å². The van der Waals surface area contributed by atoms with Crippen molar-refractivity contribution in [3.05, 3.63) is 47.0 Å². The van der Waals surface area contributed by atoms with Gasteiger partial charge in [0.1, 0.15) is 0 Å². The lowest BCUT2D eigenvalue weighted by Gasteiger charge is -2.37. The highest BCUT2D eigenvalue weighted by Crippen LogP contribution is 2.36. The molecule has 1 fully saturated rings. The highest BCUT2D eigenvalue weighted by Gasteiger charge is 2.24. The summed E-state index contributed by atoms with van der Waals surface area (Å²) < 4.78 is 10.6. The number of amides is 2. The summed E-state index contributed by atoms with van der Waals surface area (Å²) in [6.07, 6.45) is 0.503. The number of carbonyl (C=O) groups is 2. The Morgan fingerprint density at radius 1 is 1.07 bits per heavy atom. The summed E-state index contributed by atoms with van der Waals surface area (Å²) in [5.41, 5.74) is 1.88. The summed E-state index contributed by atoms with van der Waals surface area (Å²) in [6.45, 7) is 4.60. The van der Waals surface area contributed by atoms with Crippen LogP contribution in [0, 0.1) is 0 Å². The molecule has 152 valence electrons. The Labute approximate surface area is 174 Å². The lowest BCUT2D eigenvalue weighted by molar-refractivity contribution is -0.131. The minimum Gasteiger partial charge on any atom is -0.454 e. The first-order valence-electron chi connectivity index (χ1n) is 9.59. The Bertz CT molecular complexity index is 942. The molecule has 0 spiro atoms. The van der Waals surface area contributed by atoms with Crippen molar-refractivity contribution < 1.29 is 19.1 Å². The van der Waals surface area contributed by atoms with Gasteiger partial charge < -0.3 is 24.6 Å². The summed E-state index contributed by atoms with van der Waals surface area (Å²) in [5, 5.41) is 3.52. The van der Waals surface area contributed by atoms with Crippen molar-refractivity contribution in [2.75, 3.05) is 43.2 Å². The van der Waals surface area contributed by atoms with Gasteiger partial charge in [0.05, 0.1) is 16.4 Å².